The van der Waals surface area contributed by atoms with Crippen molar-refractivity contribution < 1.29 is 14.3 Å². The molecule has 154 valence electrons. The van der Waals surface area contributed by atoms with Crippen LogP contribution in [0.2, 0.25) is 0 Å². The van der Waals surface area contributed by atoms with Crippen LogP contribution in [0.1, 0.15) is 43.4 Å². The van der Waals surface area contributed by atoms with Gasteiger partial charge in [0.2, 0.25) is 5.91 Å². The highest BCUT2D eigenvalue weighted by molar-refractivity contribution is 5.83. The summed E-state index contributed by atoms with van der Waals surface area (Å²) in [5, 5.41) is 6.59. The van der Waals surface area contributed by atoms with Crippen molar-refractivity contribution in [2.24, 2.45) is 11.3 Å². The van der Waals surface area contributed by atoms with Gasteiger partial charge >= 0.3 is 0 Å². The molecule has 2 unspecified atom stereocenters. The van der Waals surface area contributed by atoms with Gasteiger partial charge in [0.05, 0.1) is 13.2 Å². The van der Waals surface area contributed by atoms with Crippen LogP contribution in [0.3, 0.4) is 0 Å². The zero-order chi connectivity index (χ0) is 20.3. The van der Waals surface area contributed by atoms with E-state index in [0.717, 1.165) is 43.5 Å². The highest BCUT2D eigenvalue weighted by atomic mass is 16.5. The van der Waals surface area contributed by atoms with Gasteiger partial charge in [-0.25, -0.2) is 0 Å². The van der Waals surface area contributed by atoms with Crippen LogP contribution in [0, 0.1) is 11.3 Å². The molecule has 1 saturated heterocycles. The molecule has 2 N–H and O–H groups in total. The zero-order valence-electron chi connectivity index (χ0n) is 17.2. The van der Waals surface area contributed by atoms with E-state index in [1.54, 1.807) is 7.11 Å². The number of rotatable bonds is 7. The molecule has 29 heavy (non-hydrogen) atoms. The van der Waals surface area contributed by atoms with Gasteiger partial charge in [-0.1, -0.05) is 36.4 Å². The minimum Gasteiger partial charge on any atom is -0.493 e. The number of piperidine rings is 1. The van der Waals surface area contributed by atoms with Crippen molar-refractivity contribution in [1.82, 2.24) is 10.6 Å². The van der Waals surface area contributed by atoms with E-state index in [2.05, 4.69) is 10.6 Å². The Labute approximate surface area is 172 Å². The normalized spacial score (nSPS) is 20.7. The van der Waals surface area contributed by atoms with Crippen molar-refractivity contribution in [3.63, 3.8) is 0 Å². The van der Waals surface area contributed by atoms with Gasteiger partial charge in [-0.2, -0.15) is 0 Å². The number of methoxy groups -OCH3 is 1. The topological polar surface area (TPSA) is 59.6 Å². The van der Waals surface area contributed by atoms with Crippen molar-refractivity contribution >= 4 is 5.91 Å². The molecule has 1 heterocycles. The summed E-state index contributed by atoms with van der Waals surface area (Å²) < 4.78 is 11.5. The summed E-state index contributed by atoms with van der Waals surface area (Å²) in [4.78, 5) is 12.8. The van der Waals surface area contributed by atoms with E-state index in [4.69, 9.17) is 9.47 Å². The number of carbonyl (C=O) groups excluding carboxylic acids is 1. The van der Waals surface area contributed by atoms with Crippen LogP contribution in [-0.4, -0.2) is 26.1 Å². The van der Waals surface area contributed by atoms with E-state index in [9.17, 15) is 4.79 Å². The molecule has 2 fully saturated rings. The molecule has 1 aliphatic carbocycles. The Morgan fingerprint density at radius 2 is 1.93 bits per heavy atom. The van der Waals surface area contributed by atoms with Gasteiger partial charge in [0, 0.05) is 5.92 Å². The quantitative estimate of drug-likeness (QED) is 0.749. The summed E-state index contributed by atoms with van der Waals surface area (Å²) in [6, 6.07) is 15.9. The Balaban J connectivity index is 1.37. The average molecular weight is 395 g/mol. The average Bonchev–Trinajstić information content (AvgIpc) is 3.46. The predicted molar refractivity (Wildman–Crippen MR) is 113 cm³/mol. The van der Waals surface area contributed by atoms with Crippen LogP contribution >= 0.6 is 0 Å². The summed E-state index contributed by atoms with van der Waals surface area (Å²) in [6.07, 6.45) is 3.25. The number of amides is 1. The maximum absolute atomic E-state index is 12.8. The standard InChI is InChI=1S/C24H30N2O3/c1-17(26-23(27)20-15-24(20)10-12-25-13-11-24)19-8-9-21(22(14-19)28-2)29-16-18-6-4-3-5-7-18/h3-9,14,17,20,25H,10-13,15-16H2,1-2H3,(H,26,27). The first-order valence-corrected chi connectivity index (χ1v) is 10.5. The fourth-order valence-corrected chi connectivity index (χ4v) is 4.40. The Hall–Kier alpha value is -2.53. The van der Waals surface area contributed by atoms with E-state index >= 15 is 0 Å². The number of hydrogen-bond donors (Lipinski definition) is 2. The van der Waals surface area contributed by atoms with E-state index in [1.807, 2.05) is 55.5 Å². The maximum atomic E-state index is 12.8. The van der Waals surface area contributed by atoms with Crippen LogP contribution in [0.15, 0.2) is 48.5 Å². The molecule has 1 aliphatic heterocycles. The summed E-state index contributed by atoms with van der Waals surface area (Å²) in [5.74, 6) is 1.74. The lowest BCUT2D eigenvalue weighted by Gasteiger charge is -2.24. The molecule has 0 radical (unpaired) electrons. The third-order valence-electron chi connectivity index (χ3n) is 6.39. The largest absolute Gasteiger partial charge is 0.493 e. The minimum atomic E-state index is -0.0704. The minimum absolute atomic E-state index is 0.0704. The molecule has 2 atom stereocenters. The first-order chi connectivity index (χ1) is 14.1. The molecule has 0 aromatic heterocycles. The van der Waals surface area contributed by atoms with Gasteiger partial charge < -0.3 is 20.1 Å². The first-order valence-electron chi connectivity index (χ1n) is 10.5. The Bertz CT molecular complexity index is 846. The van der Waals surface area contributed by atoms with Crippen molar-refractivity contribution in [3.8, 4) is 11.5 Å². The fourth-order valence-electron chi connectivity index (χ4n) is 4.40. The molecule has 1 spiro atoms. The number of hydrogen-bond acceptors (Lipinski definition) is 4. The molecule has 0 bridgehead atoms. The van der Waals surface area contributed by atoms with Crippen molar-refractivity contribution in [3.05, 3.63) is 59.7 Å². The molecular formula is C24H30N2O3. The molecule has 2 aliphatic rings. The first kappa shape index (κ1) is 19.8. The van der Waals surface area contributed by atoms with Crippen LogP contribution < -0.4 is 20.1 Å². The summed E-state index contributed by atoms with van der Waals surface area (Å²) in [5.41, 5.74) is 2.37. The molecule has 1 saturated carbocycles. The van der Waals surface area contributed by atoms with Gasteiger partial charge in [-0.15, -0.1) is 0 Å². The summed E-state index contributed by atoms with van der Waals surface area (Å²) >= 11 is 0. The highest BCUT2D eigenvalue weighted by Crippen LogP contribution is 2.58. The third kappa shape index (κ3) is 4.40. The van der Waals surface area contributed by atoms with Crippen molar-refractivity contribution in [2.45, 2.75) is 38.8 Å². The third-order valence-corrected chi connectivity index (χ3v) is 6.39. The SMILES string of the molecule is COc1cc(C(C)NC(=O)C2CC23CCNCC3)ccc1OCc1ccccc1. The Morgan fingerprint density at radius 1 is 1.17 bits per heavy atom. The second kappa shape index (κ2) is 8.46. The second-order valence-corrected chi connectivity index (χ2v) is 8.28. The van der Waals surface area contributed by atoms with E-state index in [0.29, 0.717) is 18.1 Å². The Morgan fingerprint density at radius 3 is 2.66 bits per heavy atom. The lowest BCUT2D eigenvalue weighted by molar-refractivity contribution is -0.123. The summed E-state index contributed by atoms with van der Waals surface area (Å²) in [6.45, 7) is 4.57. The lowest BCUT2D eigenvalue weighted by atomic mass is 9.91. The fraction of sp³-hybridized carbons (Fsp3) is 0.458. The van der Waals surface area contributed by atoms with E-state index in [-0.39, 0.29) is 23.3 Å². The number of carbonyl (C=O) groups is 1. The van der Waals surface area contributed by atoms with Gasteiger partial charge in [0.1, 0.15) is 6.61 Å². The van der Waals surface area contributed by atoms with Gasteiger partial charge in [-0.05, 0) is 68.0 Å². The van der Waals surface area contributed by atoms with Crippen molar-refractivity contribution in [1.29, 1.82) is 0 Å². The maximum Gasteiger partial charge on any atom is 0.224 e. The highest BCUT2D eigenvalue weighted by Gasteiger charge is 2.57. The lowest BCUT2D eigenvalue weighted by Crippen LogP contribution is -2.34. The molecule has 1 amide bonds. The smallest absolute Gasteiger partial charge is 0.224 e. The molecule has 2 aromatic carbocycles. The van der Waals surface area contributed by atoms with E-state index in [1.165, 1.54) is 0 Å². The molecule has 5 nitrogen and oxygen atoms in total. The van der Waals surface area contributed by atoms with Crippen LogP contribution in [0.5, 0.6) is 11.5 Å². The van der Waals surface area contributed by atoms with Gasteiger partial charge in [0.25, 0.3) is 0 Å². The number of benzene rings is 2. The molecule has 2 aromatic rings. The second-order valence-electron chi connectivity index (χ2n) is 8.28. The molecular weight excluding hydrogens is 364 g/mol. The van der Waals surface area contributed by atoms with Gasteiger partial charge in [-0.3, -0.25) is 4.79 Å². The van der Waals surface area contributed by atoms with E-state index < -0.39 is 0 Å². The van der Waals surface area contributed by atoms with Crippen molar-refractivity contribution in [2.75, 3.05) is 20.2 Å². The Kier molecular flexibility index (Phi) is 5.76. The zero-order valence-corrected chi connectivity index (χ0v) is 17.2. The predicted octanol–water partition coefficient (Wildman–Crippen LogP) is 3.84. The van der Waals surface area contributed by atoms with Crippen LogP contribution in [-0.2, 0) is 11.4 Å². The molecule has 5 heteroatoms. The molecule has 4 rings (SSSR count). The summed E-state index contributed by atoms with van der Waals surface area (Å²) in [7, 11) is 1.64. The van der Waals surface area contributed by atoms with Crippen LogP contribution in [0.4, 0.5) is 0 Å². The number of nitrogens with one attached hydrogen (secondary N) is 2. The van der Waals surface area contributed by atoms with Crippen LogP contribution in [0.25, 0.3) is 0 Å². The monoisotopic (exact) mass is 394 g/mol. The van der Waals surface area contributed by atoms with Gasteiger partial charge in [0.15, 0.2) is 11.5 Å². The number of ether oxygens (including phenoxy) is 2.